The van der Waals surface area contributed by atoms with E-state index in [4.69, 9.17) is 21.8 Å². The molecule has 1 unspecified atom stereocenters. The van der Waals surface area contributed by atoms with Crippen LogP contribution in [0.25, 0.3) is 0 Å². The fourth-order valence-corrected chi connectivity index (χ4v) is 2.04. The van der Waals surface area contributed by atoms with Crippen molar-refractivity contribution < 1.29 is 9.21 Å². The highest BCUT2D eigenvalue weighted by Crippen LogP contribution is 2.23. The molecule has 1 heterocycles. The summed E-state index contributed by atoms with van der Waals surface area (Å²) in [5, 5.41) is 0.675. The first-order valence-corrected chi connectivity index (χ1v) is 6.72. The third-order valence-corrected chi connectivity index (χ3v) is 3.58. The minimum absolute atomic E-state index is 0.0776. The van der Waals surface area contributed by atoms with E-state index in [1.807, 2.05) is 31.2 Å². The predicted octanol–water partition coefficient (Wildman–Crippen LogP) is 3.22. The molecule has 0 spiro atoms. The topological polar surface area (TPSA) is 59.5 Å². The molecule has 4 nitrogen and oxygen atoms in total. The van der Waals surface area contributed by atoms with Crippen LogP contribution in [0.3, 0.4) is 0 Å². The summed E-state index contributed by atoms with van der Waals surface area (Å²) in [6.07, 6.45) is 0. The molecule has 2 rings (SSSR count). The lowest BCUT2D eigenvalue weighted by Gasteiger charge is -2.24. The van der Waals surface area contributed by atoms with Gasteiger partial charge >= 0.3 is 0 Å². The summed E-state index contributed by atoms with van der Waals surface area (Å²) >= 11 is 5.87. The van der Waals surface area contributed by atoms with Crippen molar-refractivity contribution in [3.05, 3.63) is 58.5 Å². The largest absolute Gasteiger partial charge is 0.455 e. The van der Waals surface area contributed by atoms with Gasteiger partial charge in [-0.15, -0.1) is 0 Å². The van der Waals surface area contributed by atoms with Crippen molar-refractivity contribution in [2.45, 2.75) is 19.5 Å². The molecule has 106 valence electrons. The van der Waals surface area contributed by atoms with E-state index in [1.165, 1.54) is 0 Å². The number of nitrogens with zero attached hydrogens (tertiary/aromatic N) is 1. The van der Waals surface area contributed by atoms with Crippen molar-refractivity contribution in [2.24, 2.45) is 5.73 Å². The van der Waals surface area contributed by atoms with E-state index < -0.39 is 0 Å². The molecule has 2 aromatic rings. The Kier molecular flexibility index (Phi) is 4.47. The molecule has 2 N–H and O–H groups in total. The van der Waals surface area contributed by atoms with Gasteiger partial charge in [0.25, 0.3) is 5.91 Å². The summed E-state index contributed by atoms with van der Waals surface area (Å²) in [5.74, 6) is 0.724. The summed E-state index contributed by atoms with van der Waals surface area (Å²) in [7, 11) is 1.74. The van der Waals surface area contributed by atoms with Gasteiger partial charge in [0.2, 0.25) is 0 Å². The fraction of sp³-hybridized carbons (Fsp3) is 0.267. The van der Waals surface area contributed by atoms with Gasteiger partial charge in [0.1, 0.15) is 5.76 Å². The quantitative estimate of drug-likeness (QED) is 0.941. The van der Waals surface area contributed by atoms with Gasteiger partial charge in [-0.1, -0.05) is 23.7 Å². The van der Waals surface area contributed by atoms with Crippen LogP contribution in [0.1, 0.15) is 34.8 Å². The van der Waals surface area contributed by atoms with Crippen LogP contribution in [0.2, 0.25) is 5.02 Å². The van der Waals surface area contributed by atoms with Crippen molar-refractivity contribution in [3.63, 3.8) is 0 Å². The molecule has 1 aromatic heterocycles. The van der Waals surface area contributed by atoms with Gasteiger partial charge < -0.3 is 15.1 Å². The smallest absolute Gasteiger partial charge is 0.289 e. The van der Waals surface area contributed by atoms with Crippen LogP contribution in [0.15, 0.2) is 40.8 Å². The molecule has 0 aliphatic rings. The summed E-state index contributed by atoms with van der Waals surface area (Å²) in [6, 6.07) is 10.7. The van der Waals surface area contributed by atoms with Crippen molar-refractivity contribution in [1.29, 1.82) is 0 Å². The maximum absolute atomic E-state index is 12.3. The van der Waals surface area contributed by atoms with E-state index in [0.717, 1.165) is 5.56 Å². The monoisotopic (exact) mass is 292 g/mol. The van der Waals surface area contributed by atoms with Crippen LogP contribution in [0, 0.1) is 0 Å². The van der Waals surface area contributed by atoms with E-state index in [9.17, 15) is 4.79 Å². The van der Waals surface area contributed by atoms with Gasteiger partial charge in [-0.3, -0.25) is 4.79 Å². The number of rotatable bonds is 4. The van der Waals surface area contributed by atoms with Crippen LogP contribution in [0.4, 0.5) is 0 Å². The number of nitrogens with two attached hydrogens (primary N) is 1. The number of amides is 1. The lowest BCUT2D eigenvalue weighted by atomic mass is 10.1. The van der Waals surface area contributed by atoms with Crippen LogP contribution in [0.5, 0.6) is 0 Å². The van der Waals surface area contributed by atoms with Gasteiger partial charge in [-0.05, 0) is 36.8 Å². The molecule has 0 fully saturated rings. The van der Waals surface area contributed by atoms with Gasteiger partial charge in [0.15, 0.2) is 5.76 Å². The highest BCUT2D eigenvalue weighted by Gasteiger charge is 2.21. The first-order chi connectivity index (χ1) is 9.52. The average Bonchev–Trinajstić information content (AvgIpc) is 2.94. The molecule has 0 saturated heterocycles. The number of benzene rings is 1. The van der Waals surface area contributed by atoms with E-state index in [1.54, 1.807) is 24.1 Å². The minimum Gasteiger partial charge on any atom is -0.455 e. The van der Waals surface area contributed by atoms with E-state index >= 15 is 0 Å². The second kappa shape index (κ2) is 6.11. The maximum Gasteiger partial charge on any atom is 0.289 e. The molecule has 1 amide bonds. The number of hydrogen-bond acceptors (Lipinski definition) is 3. The summed E-state index contributed by atoms with van der Waals surface area (Å²) in [4.78, 5) is 13.9. The van der Waals surface area contributed by atoms with Crippen molar-refractivity contribution in [2.75, 3.05) is 7.05 Å². The van der Waals surface area contributed by atoms with Crippen LogP contribution >= 0.6 is 11.6 Å². The van der Waals surface area contributed by atoms with Gasteiger partial charge in [-0.25, -0.2) is 0 Å². The number of furan rings is 1. The number of carbonyl (C=O) groups excluding carboxylic acids is 1. The zero-order chi connectivity index (χ0) is 14.7. The lowest BCUT2D eigenvalue weighted by molar-refractivity contribution is 0.0708. The average molecular weight is 293 g/mol. The minimum atomic E-state index is -0.174. The third-order valence-electron chi connectivity index (χ3n) is 3.33. The molecular weight excluding hydrogens is 276 g/mol. The Bertz CT molecular complexity index is 592. The molecule has 0 aliphatic heterocycles. The Morgan fingerprint density at radius 3 is 2.50 bits per heavy atom. The molecule has 20 heavy (non-hydrogen) atoms. The van der Waals surface area contributed by atoms with E-state index in [-0.39, 0.29) is 18.5 Å². The molecular formula is C15H17ClN2O2. The Labute approximate surface area is 123 Å². The number of carbonyl (C=O) groups is 1. The van der Waals surface area contributed by atoms with E-state index in [0.29, 0.717) is 16.5 Å². The molecule has 1 atom stereocenters. The Hall–Kier alpha value is -1.78. The Morgan fingerprint density at radius 2 is 1.95 bits per heavy atom. The number of hydrogen-bond donors (Lipinski definition) is 1. The highest BCUT2D eigenvalue weighted by atomic mass is 35.5. The predicted molar refractivity (Wildman–Crippen MR) is 78.6 cm³/mol. The first-order valence-electron chi connectivity index (χ1n) is 6.34. The van der Waals surface area contributed by atoms with Crippen LogP contribution in [-0.2, 0) is 6.54 Å². The highest BCUT2D eigenvalue weighted by molar-refractivity contribution is 6.30. The molecule has 5 heteroatoms. The standard InChI is InChI=1S/C15H17ClN2O2/c1-10(11-3-5-12(16)6-4-11)18(2)15(19)14-8-7-13(9-17)20-14/h3-8,10H,9,17H2,1-2H3. The zero-order valence-corrected chi connectivity index (χ0v) is 12.2. The Morgan fingerprint density at radius 1 is 1.30 bits per heavy atom. The summed E-state index contributed by atoms with van der Waals surface area (Å²) in [5.41, 5.74) is 6.48. The zero-order valence-electron chi connectivity index (χ0n) is 11.5. The van der Waals surface area contributed by atoms with Crippen molar-refractivity contribution in [3.8, 4) is 0 Å². The van der Waals surface area contributed by atoms with Crippen molar-refractivity contribution in [1.82, 2.24) is 4.90 Å². The van der Waals surface area contributed by atoms with Gasteiger partial charge in [0, 0.05) is 12.1 Å². The summed E-state index contributed by atoms with van der Waals surface area (Å²) in [6.45, 7) is 2.23. The van der Waals surface area contributed by atoms with E-state index in [2.05, 4.69) is 0 Å². The van der Waals surface area contributed by atoms with Gasteiger partial charge in [0.05, 0.1) is 12.6 Å². The lowest BCUT2D eigenvalue weighted by Crippen LogP contribution is -2.29. The van der Waals surface area contributed by atoms with Gasteiger partial charge in [-0.2, -0.15) is 0 Å². The molecule has 0 bridgehead atoms. The normalized spacial score (nSPS) is 12.2. The van der Waals surface area contributed by atoms with Crippen molar-refractivity contribution >= 4 is 17.5 Å². The van der Waals surface area contributed by atoms with Crippen LogP contribution < -0.4 is 5.73 Å². The molecule has 0 aliphatic carbocycles. The van der Waals surface area contributed by atoms with Crippen LogP contribution in [-0.4, -0.2) is 17.9 Å². The molecule has 0 saturated carbocycles. The second-order valence-corrected chi connectivity index (χ2v) is 5.05. The Balaban J connectivity index is 2.15. The number of halogens is 1. The second-order valence-electron chi connectivity index (χ2n) is 4.61. The first kappa shape index (κ1) is 14.6. The summed E-state index contributed by atoms with van der Waals surface area (Å²) < 4.78 is 5.38. The maximum atomic E-state index is 12.3. The molecule has 0 radical (unpaired) electrons. The SMILES string of the molecule is CC(c1ccc(Cl)cc1)N(C)C(=O)c1ccc(CN)o1. The molecule has 1 aromatic carbocycles. The third kappa shape index (κ3) is 3.03. The fourth-order valence-electron chi connectivity index (χ4n) is 1.92.